The summed E-state index contributed by atoms with van der Waals surface area (Å²) in [7, 11) is 2.02. The molecular weight excluding hydrogens is 118 g/mol. The fraction of sp³-hybridized carbons (Fsp3) is 1.00. The van der Waals surface area contributed by atoms with Gasteiger partial charge in [0, 0.05) is 12.5 Å². The molecule has 52 valence electrons. The zero-order valence-corrected chi connectivity index (χ0v) is 5.50. The monoisotopic (exact) mass is 129 g/mol. The number of likely N-dealkylation sites (N-methyl/N-ethyl adjacent to an activating group) is 1. The number of morpholine rings is 1. The molecule has 2 saturated heterocycles. The molecule has 0 aromatic rings. The maximum atomic E-state index is 9.45. The van der Waals surface area contributed by atoms with Gasteiger partial charge in [0.05, 0.1) is 13.2 Å². The van der Waals surface area contributed by atoms with E-state index in [2.05, 4.69) is 4.90 Å². The Hall–Kier alpha value is -0.120. The highest BCUT2D eigenvalue weighted by molar-refractivity contribution is 4.94. The van der Waals surface area contributed by atoms with Crippen molar-refractivity contribution in [2.24, 2.45) is 0 Å². The molecule has 3 heteroatoms. The lowest BCUT2D eigenvalue weighted by Gasteiger charge is -2.25. The Morgan fingerprint density at radius 2 is 2.56 bits per heavy atom. The Balaban J connectivity index is 2.19. The fourth-order valence-electron chi connectivity index (χ4n) is 1.65. The zero-order chi connectivity index (χ0) is 6.48. The summed E-state index contributed by atoms with van der Waals surface area (Å²) >= 11 is 0. The average molecular weight is 129 g/mol. The Morgan fingerprint density at radius 1 is 1.78 bits per heavy atom. The van der Waals surface area contributed by atoms with Crippen LogP contribution < -0.4 is 0 Å². The molecule has 0 aliphatic carbocycles. The first-order valence-corrected chi connectivity index (χ1v) is 3.26. The number of ether oxygens (including phenoxy) is 1. The van der Waals surface area contributed by atoms with E-state index in [9.17, 15) is 5.11 Å². The van der Waals surface area contributed by atoms with E-state index in [-0.39, 0.29) is 0 Å². The number of β-amino-alcohol motifs (C(OH)–C–C–N with tert-alkyl or cyclic N) is 1. The normalized spacial score (nSPS) is 50.7. The third kappa shape index (κ3) is 0.689. The molecule has 0 spiro atoms. The van der Waals surface area contributed by atoms with Crippen LogP contribution in [0.15, 0.2) is 0 Å². The minimum Gasteiger partial charge on any atom is -0.364 e. The molecule has 0 aromatic heterocycles. The van der Waals surface area contributed by atoms with E-state index < -0.39 is 5.79 Å². The van der Waals surface area contributed by atoms with Crippen molar-refractivity contribution >= 4 is 0 Å². The summed E-state index contributed by atoms with van der Waals surface area (Å²) < 4.78 is 5.12. The van der Waals surface area contributed by atoms with Crippen molar-refractivity contribution in [3.63, 3.8) is 0 Å². The number of aliphatic hydroxyl groups is 1. The van der Waals surface area contributed by atoms with Crippen molar-refractivity contribution in [2.45, 2.75) is 18.2 Å². The maximum Gasteiger partial charge on any atom is 0.179 e. The third-order valence-corrected chi connectivity index (χ3v) is 2.22. The van der Waals surface area contributed by atoms with E-state index in [0.29, 0.717) is 19.2 Å². The van der Waals surface area contributed by atoms with Gasteiger partial charge in [-0.25, -0.2) is 0 Å². The summed E-state index contributed by atoms with van der Waals surface area (Å²) in [6, 6.07) is 0.468. The minimum absolute atomic E-state index is 0.468. The van der Waals surface area contributed by atoms with Gasteiger partial charge in [-0.3, -0.25) is 4.90 Å². The van der Waals surface area contributed by atoms with E-state index in [1.165, 1.54) is 0 Å². The molecular formula is C6H11NO2. The highest BCUT2D eigenvalue weighted by atomic mass is 16.6. The zero-order valence-electron chi connectivity index (χ0n) is 5.50. The molecule has 2 heterocycles. The summed E-state index contributed by atoms with van der Waals surface area (Å²) in [5, 5.41) is 9.45. The second-order valence-corrected chi connectivity index (χ2v) is 3.03. The van der Waals surface area contributed by atoms with Crippen LogP contribution in [0.4, 0.5) is 0 Å². The first-order chi connectivity index (χ1) is 4.20. The number of rotatable bonds is 0. The summed E-state index contributed by atoms with van der Waals surface area (Å²) in [6.07, 6.45) is 0.795. The first kappa shape index (κ1) is 5.65. The van der Waals surface area contributed by atoms with Crippen LogP contribution in [0.1, 0.15) is 6.42 Å². The number of hydrogen-bond donors (Lipinski definition) is 1. The van der Waals surface area contributed by atoms with Crippen molar-refractivity contribution < 1.29 is 9.84 Å². The smallest absolute Gasteiger partial charge is 0.179 e. The largest absolute Gasteiger partial charge is 0.364 e. The molecule has 2 fully saturated rings. The van der Waals surface area contributed by atoms with Crippen LogP contribution >= 0.6 is 0 Å². The Bertz CT molecular complexity index is 135. The van der Waals surface area contributed by atoms with Crippen LogP contribution in [-0.2, 0) is 4.74 Å². The van der Waals surface area contributed by atoms with E-state index in [1.807, 2.05) is 7.05 Å². The molecule has 9 heavy (non-hydrogen) atoms. The van der Waals surface area contributed by atoms with Crippen LogP contribution in [0.5, 0.6) is 0 Å². The SMILES string of the molecule is CN1CC2(O)CC1CO2. The van der Waals surface area contributed by atoms with Gasteiger partial charge in [0.15, 0.2) is 5.79 Å². The van der Waals surface area contributed by atoms with E-state index in [0.717, 1.165) is 6.42 Å². The van der Waals surface area contributed by atoms with Crippen LogP contribution in [-0.4, -0.2) is 42.0 Å². The molecule has 2 rings (SSSR count). The predicted octanol–water partition coefficient (Wildman–Crippen LogP) is -0.591. The lowest BCUT2D eigenvalue weighted by Crippen LogP contribution is -2.40. The molecule has 2 aliphatic heterocycles. The molecule has 1 N–H and O–H groups in total. The van der Waals surface area contributed by atoms with Gasteiger partial charge in [0.2, 0.25) is 0 Å². The Labute approximate surface area is 54.2 Å². The lowest BCUT2D eigenvalue weighted by atomic mass is 10.2. The van der Waals surface area contributed by atoms with Gasteiger partial charge < -0.3 is 9.84 Å². The second kappa shape index (κ2) is 1.48. The van der Waals surface area contributed by atoms with Crippen molar-refractivity contribution in [1.82, 2.24) is 4.90 Å². The van der Waals surface area contributed by atoms with Gasteiger partial charge in [-0.2, -0.15) is 0 Å². The van der Waals surface area contributed by atoms with Crippen molar-refractivity contribution in [1.29, 1.82) is 0 Å². The summed E-state index contributed by atoms with van der Waals surface area (Å²) in [5.41, 5.74) is 0. The molecule has 2 unspecified atom stereocenters. The Kier molecular flexibility index (Phi) is 0.928. The topological polar surface area (TPSA) is 32.7 Å². The number of fused-ring (bicyclic) bond motifs is 2. The van der Waals surface area contributed by atoms with Crippen molar-refractivity contribution in [3.05, 3.63) is 0 Å². The second-order valence-electron chi connectivity index (χ2n) is 3.03. The summed E-state index contributed by atoms with van der Waals surface area (Å²) in [5.74, 6) is -0.792. The molecule has 3 nitrogen and oxygen atoms in total. The fourth-order valence-corrected chi connectivity index (χ4v) is 1.65. The third-order valence-electron chi connectivity index (χ3n) is 2.22. The van der Waals surface area contributed by atoms with Crippen molar-refractivity contribution in [3.8, 4) is 0 Å². The summed E-state index contributed by atoms with van der Waals surface area (Å²) in [6.45, 7) is 1.38. The van der Waals surface area contributed by atoms with Crippen LogP contribution in [0.2, 0.25) is 0 Å². The van der Waals surface area contributed by atoms with Gasteiger partial charge in [0.25, 0.3) is 0 Å². The minimum atomic E-state index is -0.792. The standard InChI is InChI=1S/C6H11NO2/c1-7-4-6(8)2-5(7)3-9-6/h5,8H,2-4H2,1H3. The molecule has 2 atom stereocenters. The average Bonchev–Trinajstić information content (AvgIpc) is 2.20. The van der Waals surface area contributed by atoms with Gasteiger partial charge in [0.1, 0.15) is 0 Å². The molecule has 2 aliphatic rings. The summed E-state index contributed by atoms with van der Waals surface area (Å²) in [4.78, 5) is 2.14. The van der Waals surface area contributed by atoms with Crippen LogP contribution in [0, 0.1) is 0 Å². The Morgan fingerprint density at radius 3 is 2.78 bits per heavy atom. The highest BCUT2D eigenvalue weighted by Crippen LogP contribution is 2.33. The lowest BCUT2D eigenvalue weighted by molar-refractivity contribution is -0.183. The van der Waals surface area contributed by atoms with Gasteiger partial charge in [-0.05, 0) is 7.05 Å². The predicted molar refractivity (Wildman–Crippen MR) is 31.9 cm³/mol. The van der Waals surface area contributed by atoms with Crippen LogP contribution in [0.25, 0.3) is 0 Å². The number of likely N-dealkylation sites (tertiary alicyclic amines) is 1. The highest BCUT2D eigenvalue weighted by Gasteiger charge is 2.48. The molecule has 0 amide bonds. The van der Waals surface area contributed by atoms with Gasteiger partial charge >= 0.3 is 0 Å². The molecule has 2 bridgehead atoms. The van der Waals surface area contributed by atoms with Gasteiger partial charge in [-0.1, -0.05) is 0 Å². The number of nitrogens with zero attached hydrogens (tertiary/aromatic N) is 1. The molecule has 0 saturated carbocycles. The van der Waals surface area contributed by atoms with E-state index in [4.69, 9.17) is 4.74 Å². The van der Waals surface area contributed by atoms with Crippen LogP contribution in [0.3, 0.4) is 0 Å². The molecule has 0 aromatic carbocycles. The number of hydrogen-bond acceptors (Lipinski definition) is 3. The van der Waals surface area contributed by atoms with E-state index in [1.54, 1.807) is 0 Å². The van der Waals surface area contributed by atoms with E-state index >= 15 is 0 Å². The first-order valence-electron chi connectivity index (χ1n) is 3.26. The van der Waals surface area contributed by atoms with Gasteiger partial charge in [-0.15, -0.1) is 0 Å². The maximum absolute atomic E-state index is 9.45. The quantitative estimate of drug-likeness (QED) is 0.474. The van der Waals surface area contributed by atoms with Crippen molar-refractivity contribution in [2.75, 3.05) is 20.2 Å². The molecule has 0 radical (unpaired) electrons.